The number of sulfonamides is 1. The van der Waals surface area contributed by atoms with Crippen LogP contribution in [-0.4, -0.2) is 25.8 Å². The first-order chi connectivity index (χ1) is 8.09. The first-order valence-corrected chi connectivity index (χ1v) is 8.41. The third-order valence-electron chi connectivity index (χ3n) is 4.13. The van der Waals surface area contributed by atoms with Gasteiger partial charge in [-0.2, -0.15) is 0 Å². The second-order valence-electron chi connectivity index (χ2n) is 5.48. The van der Waals surface area contributed by atoms with Gasteiger partial charge in [-0.05, 0) is 25.7 Å². The van der Waals surface area contributed by atoms with Gasteiger partial charge in [-0.1, -0.05) is 32.1 Å². The van der Waals surface area contributed by atoms with Crippen LogP contribution in [0.4, 0.5) is 0 Å². The van der Waals surface area contributed by atoms with Crippen molar-refractivity contribution in [3.05, 3.63) is 0 Å². The van der Waals surface area contributed by atoms with Crippen molar-refractivity contribution < 1.29 is 8.42 Å². The zero-order chi connectivity index (χ0) is 12.3. The Labute approximate surface area is 104 Å². The van der Waals surface area contributed by atoms with Crippen molar-refractivity contribution in [2.75, 3.05) is 0 Å². The number of nitrogens with two attached hydrogens (primary N) is 1. The van der Waals surface area contributed by atoms with Gasteiger partial charge in [-0.25, -0.2) is 13.1 Å². The van der Waals surface area contributed by atoms with Crippen LogP contribution in [0.5, 0.6) is 0 Å². The molecule has 0 aromatic carbocycles. The summed E-state index contributed by atoms with van der Waals surface area (Å²) in [5.41, 5.74) is 5.99. The molecular weight excluding hydrogens is 236 g/mol. The molecule has 2 unspecified atom stereocenters. The van der Waals surface area contributed by atoms with Crippen molar-refractivity contribution in [3.8, 4) is 0 Å². The molecule has 0 heterocycles. The summed E-state index contributed by atoms with van der Waals surface area (Å²) in [5, 5.41) is -0.176. The topological polar surface area (TPSA) is 72.2 Å². The third kappa shape index (κ3) is 3.42. The lowest BCUT2D eigenvalue weighted by Crippen LogP contribution is -2.51. The minimum atomic E-state index is -3.15. The highest BCUT2D eigenvalue weighted by molar-refractivity contribution is 7.90. The Kier molecular flexibility index (Phi) is 4.44. The van der Waals surface area contributed by atoms with Crippen LogP contribution in [0.3, 0.4) is 0 Å². The number of hydrogen-bond acceptors (Lipinski definition) is 3. The highest BCUT2D eigenvalue weighted by Crippen LogP contribution is 2.25. The summed E-state index contributed by atoms with van der Waals surface area (Å²) in [6.45, 7) is 0. The molecule has 0 aromatic rings. The van der Waals surface area contributed by atoms with Crippen LogP contribution < -0.4 is 10.5 Å². The highest BCUT2D eigenvalue weighted by atomic mass is 32.2. The lowest BCUT2D eigenvalue weighted by molar-refractivity contribution is 0.357. The minimum Gasteiger partial charge on any atom is -0.326 e. The zero-order valence-electron chi connectivity index (χ0n) is 10.4. The Bertz CT molecular complexity index is 336. The van der Waals surface area contributed by atoms with Gasteiger partial charge in [0.05, 0.1) is 5.25 Å². The molecule has 17 heavy (non-hydrogen) atoms. The van der Waals surface area contributed by atoms with E-state index in [0.29, 0.717) is 0 Å². The summed E-state index contributed by atoms with van der Waals surface area (Å²) in [7, 11) is -3.15. The molecule has 0 aliphatic heterocycles. The normalized spacial score (nSPS) is 32.5. The summed E-state index contributed by atoms with van der Waals surface area (Å²) in [4.78, 5) is 0. The van der Waals surface area contributed by atoms with Crippen molar-refractivity contribution in [2.45, 2.75) is 75.1 Å². The average molecular weight is 260 g/mol. The molecule has 0 aromatic heterocycles. The molecule has 2 saturated carbocycles. The van der Waals surface area contributed by atoms with E-state index in [1.54, 1.807) is 0 Å². The SMILES string of the molecule is NC1CCCCC1NS(=O)(=O)C1CCCCC1. The van der Waals surface area contributed by atoms with Crippen LogP contribution in [0.2, 0.25) is 0 Å². The number of hydrogen-bond donors (Lipinski definition) is 2. The van der Waals surface area contributed by atoms with Crippen molar-refractivity contribution in [2.24, 2.45) is 5.73 Å². The maximum Gasteiger partial charge on any atom is 0.214 e. The average Bonchev–Trinajstić information content (AvgIpc) is 2.33. The quantitative estimate of drug-likeness (QED) is 0.808. The third-order valence-corrected chi connectivity index (χ3v) is 6.11. The van der Waals surface area contributed by atoms with E-state index in [-0.39, 0.29) is 17.3 Å². The molecule has 0 spiro atoms. The molecule has 2 fully saturated rings. The lowest BCUT2D eigenvalue weighted by Gasteiger charge is -2.31. The molecule has 5 heteroatoms. The predicted molar refractivity (Wildman–Crippen MR) is 69.2 cm³/mol. The summed E-state index contributed by atoms with van der Waals surface area (Å²) < 4.78 is 27.3. The monoisotopic (exact) mass is 260 g/mol. The Balaban J connectivity index is 1.95. The van der Waals surface area contributed by atoms with E-state index in [9.17, 15) is 8.42 Å². The summed E-state index contributed by atoms with van der Waals surface area (Å²) in [5.74, 6) is 0. The summed E-state index contributed by atoms with van der Waals surface area (Å²) >= 11 is 0. The van der Waals surface area contributed by atoms with Crippen LogP contribution in [0, 0.1) is 0 Å². The zero-order valence-corrected chi connectivity index (χ0v) is 11.2. The molecule has 2 aliphatic carbocycles. The van der Waals surface area contributed by atoms with E-state index in [1.807, 2.05) is 0 Å². The van der Waals surface area contributed by atoms with Gasteiger partial charge >= 0.3 is 0 Å². The van der Waals surface area contributed by atoms with Gasteiger partial charge in [0, 0.05) is 12.1 Å². The van der Waals surface area contributed by atoms with Crippen molar-refractivity contribution in [1.82, 2.24) is 4.72 Å². The standard InChI is InChI=1S/C12H24N2O2S/c13-11-8-4-5-9-12(11)14-17(15,16)10-6-2-1-3-7-10/h10-12,14H,1-9,13H2. The van der Waals surface area contributed by atoms with E-state index in [4.69, 9.17) is 5.73 Å². The van der Waals surface area contributed by atoms with E-state index in [2.05, 4.69) is 4.72 Å². The van der Waals surface area contributed by atoms with Crippen LogP contribution in [0.15, 0.2) is 0 Å². The van der Waals surface area contributed by atoms with Gasteiger partial charge in [0.2, 0.25) is 10.0 Å². The molecule has 4 nitrogen and oxygen atoms in total. The molecular formula is C12H24N2O2S. The maximum atomic E-state index is 12.2. The van der Waals surface area contributed by atoms with Crippen LogP contribution in [0.25, 0.3) is 0 Å². The smallest absolute Gasteiger partial charge is 0.214 e. The van der Waals surface area contributed by atoms with E-state index < -0.39 is 10.0 Å². The fraction of sp³-hybridized carbons (Fsp3) is 1.00. The van der Waals surface area contributed by atoms with E-state index in [1.165, 1.54) is 6.42 Å². The van der Waals surface area contributed by atoms with E-state index in [0.717, 1.165) is 51.4 Å². The lowest BCUT2D eigenvalue weighted by atomic mass is 9.92. The molecule has 3 N–H and O–H groups in total. The molecule has 100 valence electrons. The molecule has 0 amide bonds. The first-order valence-electron chi connectivity index (χ1n) is 6.86. The number of rotatable bonds is 3. The molecule has 0 radical (unpaired) electrons. The van der Waals surface area contributed by atoms with Gasteiger partial charge in [0.15, 0.2) is 0 Å². The van der Waals surface area contributed by atoms with Crippen molar-refractivity contribution in [1.29, 1.82) is 0 Å². The van der Waals surface area contributed by atoms with E-state index >= 15 is 0 Å². The van der Waals surface area contributed by atoms with Gasteiger partial charge in [0.1, 0.15) is 0 Å². The Hall–Kier alpha value is -0.130. The molecule has 2 rings (SSSR count). The summed E-state index contributed by atoms with van der Waals surface area (Å²) in [6, 6.07) is -0.0298. The largest absolute Gasteiger partial charge is 0.326 e. The van der Waals surface area contributed by atoms with Gasteiger partial charge in [-0.15, -0.1) is 0 Å². The van der Waals surface area contributed by atoms with Gasteiger partial charge in [0.25, 0.3) is 0 Å². The maximum absolute atomic E-state index is 12.2. The van der Waals surface area contributed by atoms with Crippen LogP contribution in [0.1, 0.15) is 57.8 Å². The fourth-order valence-corrected chi connectivity index (χ4v) is 4.85. The summed E-state index contributed by atoms with van der Waals surface area (Å²) in [6.07, 6.45) is 8.95. The molecule has 2 atom stereocenters. The van der Waals surface area contributed by atoms with Crippen LogP contribution >= 0.6 is 0 Å². The first kappa shape index (κ1) is 13.3. The van der Waals surface area contributed by atoms with Crippen molar-refractivity contribution >= 4 is 10.0 Å². The molecule has 2 aliphatic rings. The predicted octanol–water partition coefficient (Wildman–Crippen LogP) is 1.51. The van der Waals surface area contributed by atoms with Gasteiger partial charge in [-0.3, -0.25) is 0 Å². The Morgan fingerprint density at radius 2 is 1.47 bits per heavy atom. The molecule has 0 bridgehead atoms. The minimum absolute atomic E-state index is 0.00196. The highest BCUT2D eigenvalue weighted by Gasteiger charge is 2.32. The Morgan fingerprint density at radius 3 is 2.12 bits per heavy atom. The second-order valence-corrected chi connectivity index (χ2v) is 7.47. The van der Waals surface area contributed by atoms with Crippen LogP contribution in [-0.2, 0) is 10.0 Å². The Morgan fingerprint density at radius 1 is 0.882 bits per heavy atom. The second kappa shape index (κ2) is 5.67. The fourth-order valence-electron chi connectivity index (χ4n) is 2.99. The molecule has 0 saturated heterocycles. The van der Waals surface area contributed by atoms with Gasteiger partial charge < -0.3 is 5.73 Å². The number of nitrogens with one attached hydrogen (secondary N) is 1. The van der Waals surface area contributed by atoms with Crippen molar-refractivity contribution in [3.63, 3.8) is 0 Å².